The fourth-order valence-electron chi connectivity index (χ4n) is 3.66. The maximum absolute atomic E-state index is 11.7. The Bertz CT molecular complexity index is 909. The number of piperidine rings is 1. The van der Waals surface area contributed by atoms with Gasteiger partial charge in [0.2, 0.25) is 0 Å². The highest BCUT2D eigenvalue weighted by atomic mass is 16.3. The minimum atomic E-state index is -0.502. The Labute approximate surface area is 145 Å². The van der Waals surface area contributed by atoms with Crippen molar-refractivity contribution in [3.63, 3.8) is 0 Å². The Kier molecular flexibility index (Phi) is 4.38. The Morgan fingerprint density at radius 2 is 1.92 bits per heavy atom. The first-order valence-electron chi connectivity index (χ1n) is 8.71. The normalized spacial score (nSPS) is 17.8. The first-order chi connectivity index (χ1) is 12.2. The lowest BCUT2D eigenvalue weighted by Gasteiger charge is -2.33. The van der Waals surface area contributed by atoms with Crippen molar-refractivity contribution in [1.82, 2.24) is 19.7 Å². The summed E-state index contributed by atoms with van der Waals surface area (Å²) in [6.45, 7) is 2.35. The number of nitrogens with one attached hydrogen (secondary N) is 1. The molecule has 2 N–H and O–H groups in total. The van der Waals surface area contributed by atoms with E-state index in [0.717, 1.165) is 36.9 Å². The van der Waals surface area contributed by atoms with Gasteiger partial charge >= 0.3 is 5.69 Å². The van der Waals surface area contributed by atoms with E-state index in [2.05, 4.69) is 39.4 Å². The van der Waals surface area contributed by atoms with Crippen LogP contribution in [-0.4, -0.2) is 44.4 Å². The molecule has 25 heavy (non-hydrogen) atoms. The number of hydrogen-bond donors (Lipinski definition) is 2. The smallest absolute Gasteiger partial charge is 0.343 e. The average Bonchev–Trinajstić information content (AvgIpc) is 3.08. The molecule has 2 aromatic carbocycles. The van der Waals surface area contributed by atoms with Gasteiger partial charge in [-0.3, -0.25) is 4.57 Å². The van der Waals surface area contributed by atoms with Gasteiger partial charge < -0.3 is 10.0 Å². The van der Waals surface area contributed by atoms with Crippen LogP contribution in [0.5, 0.6) is 0 Å². The van der Waals surface area contributed by atoms with Gasteiger partial charge in [0.05, 0.1) is 6.10 Å². The second-order valence-corrected chi connectivity index (χ2v) is 6.72. The van der Waals surface area contributed by atoms with Crippen LogP contribution in [0.15, 0.2) is 53.6 Å². The Morgan fingerprint density at radius 3 is 2.64 bits per heavy atom. The minimum Gasteiger partial charge on any atom is -0.387 e. The molecule has 1 unspecified atom stereocenters. The molecular formula is C19H22N4O2. The summed E-state index contributed by atoms with van der Waals surface area (Å²) in [5, 5.41) is 19.2. The van der Waals surface area contributed by atoms with E-state index in [1.165, 1.54) is 5.39 Å². The van der Waals surface area contributed by atoms with Gasteiger partial charge in [-0.05, 0) is 35.2 Å². The second kappa shape index (κ2) is 6.82. The number of hydrogen-bond acceptors (Lipinski definition) is 4. The van der Waals surface area contributed by atoms with Crippen molar-refractivity contribution in [3.05, 3.63) is 64.8 Å². The fourth-order valence-corrected chi connectivity index (χ4v) is 3.66. The molecule has 0 aliphatic carbocycles. The number of benzene rings is 2. The highest BCUT2D eigenvalue weighted by Gasteiger charge is 2.23. The van der Waals surface area contributed by atoms with Crippen LogP contribution in [0.3, 0.4) is 0 Å². The molecular weight excluding hydrogens is 316 g/mol. The molecule has 1 aliphatic rings. The van der Waals surface area contributed by atoms with Crippen LogP contribution in [0, 0.1) is 0 Å². The molecule has 6 nitrogen and oxygen atoms in total. The third kappa shape index (κ3) is 3.36. The number of β-amino-alcohol motifs (C(OH)–C–C–N with tert-alkyl or cyclic N) is 1. The van der Waals surface area contributed by atoms with Gasteiger partial charge in [0.1, 0.15) is 6.33 Å². The lowest BCUT2D eigenvalue weighted by molar-refractivity contribution is 0.0902. The van der Waals surface area contributed by atoms with E-state index < -0.39 is 6.10 Å². The van der Waals surface area contributed by atoms with Gasteiger partial charge in [0, 0.05) is 25.7 Å². The van der Waals surface area contributed by atoms with Crippen molar-refractivity contribution >= 4 is 10.8 Å². The van der Waals surface area contributed by atoms with Gasteiger partial charge in [0.15, 0.2) is 0 Å². The third-order valence-electron chi connectivity index (χ3n) is 5.12. The number of aliphatic hydroxyl groups excluding tert-OH is 1. The summed E-state index contributed by atoms with van der Waals surface area (Å²) >= 11 is 0. The average molecular weight is 338 g/mol. The van der Waals surface area contributed by atoms with E-state index in [0.29, 0.717) is 6.54 Å². The zero-order chi connectivity index (χ0) is 17.2. The number of rotatable bonds is 4. The standard InChI is InChI=1S/C19H22N4O2/c24-18(16-6-5-14-3-1-2-4-15(14)11-16)12-22-9-7-17(8-10-22)23-13-20-21-19(23)25/h1-6,11,13,17-18,24H,7-10,12H2,(H,21,25). The van der Waals surface area contributed by atoms with Crippen LogP contribution in [0.2, 0.25) is 0 Å². The number of fused-ring (bicyclic) bond motifs is 1. The highest BCUT2D eigenvalue weighted by molar-refractivity contribution is 5.83. The van der Waals surface area contributed by atoms with Gasteiger partial charge in [-0.15, -0.1) is 0 Å². The molecule has 3 aromatic rings. The van der Waals surface area contributed by atoms with Crippen LogP contribution in [0.4, 0.5) is 0 Å². The quantitative estimate of drug-likeness (QED) is 0.764. The van der Waals surface area contributed by atoms with Crippen molar-refractivity contribution in [2.75, 3.05) is 19.6 Å². The van der Waals surface area contributed by atoms with Crippen LogP contribution in [0.25, 0.3) is 10.8 Å². The predicted octanol–water partition coefficient (Wildman–Crippen LogP) is 2.10. The van der Waals surface area contributed by atoms with E-state index >= 15 is 0 Å². The summed E-state index contributed by atoms with van der Waals surface area (Å²) in [6.07, 6.45) is 2.86. The number of likely N-dealkylation sites (tertiary alicyclic amines) is 1. The number of aromatic amines is 1. The lowest BCUT2D eigenvalue weighted by Crippen LogP contribution is -2.38. The van der Waals surface area contributed by atoms with Crippen LogP contribution < -0.4 is 5.69 Å². The molecule has 4 rings (SSSR count). The maximum atomic E-state index is 11.7. The molecule has 0 amide bonds. The summed E-state index contributed by atoms with van der Waals surface area (Å²) in [5.41, 5.74) is 0.807. The molecule has 0 saturated carbocycles. The van der Waals surface area contributed by atoms with Gasteiger partial charge in [-0.1, -0.05) is 36.4 Å². The summed E-state index contributed by atoms with van der Waals surface area (Å²) < 4.78 is 1.68. The highest BCUT2D eigenvalue weighted by Crippen LogP contribution is 2.25. The first-order valence-corrected chi connectivity index (χ1v) is 8.71. The summed E-state index contributed by atoms with van der Waals surface area (Å²) in [6, 6.07) is 14.5. The number of aliphatic hydroxyl groups is 1. The van der Waals surface area contributed by atoms with Gasteiger partial charge in [-0.25, -0.2) is 9.89 Å². The van der Waals surface area contributed by atoms with E-state index in [9.17, 15) is 9.90 Å². The molecule has 2 heterocycles. The number of H-pyrrole nitrogens is 1. The van der Waals surface area contributed by atoms with Crippen LogP contribution >= 0.6 is 0 Å². The molecule has 0 radical (unpaired) electrons. The third-order valence-corrected chi connectivity index (χ3v) is 5.12. The monoisotopic (exact) mass is 338 g/mol. The van der Waals surface area contributed by atoms with Gasteiger partial charge in [-0.2, -0.15) is 5.10 Å². The van der Waals surface area contributed by atoms with Crippen molar-refractivity contribution in [1.29, 1.82) is 0 Å². The van der Waals surface area contributed by atoms with Crippen LogP contribution in [-0.2, 0) is 0 Å². The molecule has 1 saturated heterocycles. The van der Waals surface area contributed by atoms with Crippen molar-refractivity contribution < 1.29 is 5.11 Å². The summed E-state index contributed by atoms with van der Waals surface area (Å²) in [7, 11) is 0. The first kappa shape index (κ1) is 16.1. The minimum absolute atomic E-state index is 0.144. The molecule has 0 spiro atoms. The maximum Gasteiger partial charge on any atom is 0.343 e. The van der Waals surface area contributed by atoms with Crippen molar-refractivity contribution in [2.45, 2.75) is 25.0 Å². The summed E-state index contributed by atoms with van der Waals surface area (Å²) in [4.78, 5) is 13.9. The Hall–Kier alpha value is -2.44. The summed E-state index contributed by atoms with van der Waals surface area (Å²) in [5.74, 6) is 0. The Balaban J connectivity index is 1.39. The van der Waals surface area contributed by atoms with Crippen molar-refractivity contribution in [3.8, 4) is 0 Å². The molecule has 1 atom stereocenters. The lowest BCUT2D eigenvalue weighted by atomic mass is 10.0. The fraction of sp³-hybridized carbons (Fsp3) is 0.368. The second-order valence-electron chi connectivity index (χ2n) is 6.72. The number of nitrogens with zero attached hydrogens (tertiary/aromatic N) is 3. The molecule has 6 heteroatoms. The molecule has 1 aliphatic heterocycles. The molecule has 1 fully saturated rings. The molecule has 0 bridgehead atoms. The van der Waals surface area contributed by atoms with E-state index in [1.54, 1.807) is 10.9 Å². The van der Waals surface area contributed by atoms with Crippen molar-refractivity contribution in [2.24, 2.45) is 0 Å². The largest absolute Gasteiger partial charge is 0.387 e. The van der Waals surface area contributed by atoms with Gasteiger partial charge in [0.25, 0.3) is 0 Å². The van der Waals surface area contributed by atoms with E-state index in [4.69, 9.17) is 0 Å². The molecule has 130 valence electrons. The predicted molar refractivity (Wildman–Crippen MR) is 96.5 cm³/mol. The van der Waals surface area contributed by atoms with E-state index in [1.807, 2.05) is 18.2 Å². The number of aromatic nitrogens is 3. The topological polar surface area (TPSA) is 74.2 Å². The molecule has 1 aromatic heterocycles. The Morgan fingerprint density at radius 1 is 1.16 bits per heavy atom. The zero-order valence-corrected chi connectivity index (χ0v) is 14.0. The van der Waals surface area contributed by atoms with E-state index in [-0.39, 0.29) is 11.7 Å². The van der Waals surface area contributed by atoms with Crippen LogP contribution in [0.1, 0.15) is 30.6 Å². The SMILES string of the molecule is O=c1[nH]ncn1C1CCN(CC(O)c2ccc3ccccc3c2)CC1. The zero-order valence-electron chi connectivity index (χ0n) is 14.0.